The molecule has 0 fully saturated rings. The molecular formula is C13H11N3O2. The minimum Gasteiger partial charge on any atom is -0.472 e. The number of anilines is 1. The van der Waals surface area contributed by atoms with Gasteiger partial charge in [0, 0.05) is 5.69 Å². The quantitative estimate of drug-likeness (QED) is 0.760. The minimum atomic E-state index is 0.495. The SMILES string of the molecule is c1ccc(NCc2nc(-c3ccoc3)no2)cc1. The van der Waals surface area contributed by atoms with Crippen molar-refractivity contribution >= 4 is 5.69 Å². The van der Waals surface area contributed by atoms with Crippen molar-refractivity contribution in [3.8, 4) is 11.4 Å². The first-order valence-electron chi connectivity index (χ1n) is 5.56. The summed E-state index contributed by atoms with van der Waals surface area (Å²) in [6.45, 7) is 0.495. The van der Waals surface area contributed by atoms with Crippen molar-refractivity contribution in [3.05, 3.63) is 54.8 Å². The molecule has 0 atom stereocenters. The molecule has 0 saturated carbocycles. The van der Waals surface area contributed by atoms with Crippen molar-refractivity contribution in [2.75, 3.05) is 5.32 Å². The van der Waals surface area contributed by atoms with Crippen molar-refractivity contribution in [2.24, 2.45) is 0 Å². The smallest absolute Gasteiger partial charge is 0.246 e. The minimum absolute atomic E-state index is 0.495. The molecule has 3 aromatic rings. The number of aromatic nitrogens is 2. The van der Waals surface area contributed by atoms with Gasteiger partial charge in [-0.2, -0.15) is 4.98 Å². The van der Waals surface area contributed by atoms with Crippen molar-refractivity contribution in [1.82, 2.24) is 10.1 Å². The summed E-state index contributed by atoms with van der Waals surface area (Å²) in [4.78, 5) is 4.27. The number of nitrogens with zero attached hydrogens (tertiary/aromatic N) is 2. The highest BCUT2D eigenvalue weighted by Crippen LogP contribution is 2.16. The molecule has 0 radical (unpaired) electrons. The fraction of sp³-hybridized carbons (Fsp3) is 0.0769. The van der Waals surface area contributed by atoms with Crippen molar-refractivity contribution < 1.29 is 8.94 Å². The van der Waals surface area contributed by atoms with Crippen LogP contribution in [0.15, 0.2) is 57.9 Å². The molecule has 1 aromatic carbocycles. The molecule has 0 unspecified atom stereocenters. The maximum absolute atomic E-state index is 5.14. The number of rotatable bonds is 4. The number of hydrogen-bond donors (Lipinski definition) is 1. The van der Waals surface area contributed by atoms with E-state index >= 15 is 0 Å². The lowest BCUT2D eigenvalue weighted by molar-refractivity contribution is 0.384. The van der Waals surface area contributed by atoms with Crippen molar-refractivity contribution in [2.45, 2.75) is 6.54 Å². The second-order valence-electron chi connectivity index (χ2n) is 3.74. The fourth-order valence-corrected chi connectivity index (χ4v) is 1.57. The second kappa shape index (κ2) is 4.75. The molecule has 18 heavy (non-hydrogen) atoms. The number of hydrogen-bond acceptors (Lipinski definition) is 5. The summed E-state index contributed by atoms with van der Waals surface area (Å²) >= 11 is 0. The molecule has 90 valence electrons. The molecule has 0 amide bonds. The van der Waals surface area contributed by atoms with E-state index in [0.717, 1.165) is 11.3 Å². The summed E-state index contributed by atoms with van der Waals surface area (Å²) < 4.78 is 10.1. The topological polar surface area (TPSA) is 64.1 Å². The van der Waals surface area contributed by atoms with E-state index in [1.54, 1.807) is 18.6 Å². The standard InChI is InChI=1S/C13H11N3O2/c1-2-4-11(5-3-1)14-8-12-15-13(16-18-12)10-6-7-17-9-10/h1-7,9,14H,8H2. The van der Waals surface area contributed by atoms with Crippen LogP contribution in [0.3, 0.4) is 0 Å². The van der Waals surface area contributed by atoms with E-state index in [4.69, 9.17) is 8.94 Å². The van der Waals surface area contributed by atoms with E-state index in [9.17, 15) is 0 Å². The van der Waals surface area contributed by atoms with E-state index in [-0.39, 0.29) is 0 Å². The number of para-hydroxylation sites is 1. The van der Waals surface area contributed by atoms with E-state index in [2.05, 4.69) is 15.5 Å². The van der Waals surface area contributed by atoms with Gasteiger partial charge >= 0.3 is 0 Å². The highest BCUT2D eigenvalue weighted by atomic mass is 16.5. The Kier molecular flexibility index (Phi) is 2.79. The lowest BCUT2D eigenvalue weighted by Crippen LogP contribution is -1.99. The summed E-state index contributed by atoms with van der Waals surface area (Å²) in [7, 11) is 0. The van der Waals surface area contributed by atoms with Gasteiger partial charge in [-0.1, -0.05) is 23.4 Å². The molecular weight excluding hydrogens is 230 g/mol. The normalized spacial score (nSPS) is 10.4. The van der Waals surface area contributed by atoms with Gasteiger partial charge in [0.15, 0.2) is 0 Å². The van der Waals surface area contributed by atoms with Gasteiger partial charge in [-0.05, 0) is 18.2 Å². The molecule has 5 heteroatoms. The Hall–Kier alpha value is -2.56. The van der Waals surface area contributed by atoms with Gasteiger partial charge in [0.05, 0.1) is 18.4 Å². The maximum Gasteiger partial charge on any atom is 0.246 e. The molecule has 0 spiro atoms. The first-order valence-corrected chi connectivity index (χ1v) is 5.56. The van der Waals surface area contributed by atoms with Crippen LogP contribution in [0.4, 0.5) is 5.69 Å². The van der Waals surface area contributed by atoms with Crippen LogP contribution in [0.1, 0.15) is 5.89 Å². The van der Waals surface area contributed by atoms with Gasteiger partial charge in [0.25, 0.3) is 0 Å². The van der Waals surface area contributed by atoms with Crippen molar-refractivity contribution in [1.29, 1.82) is 0 Å². The van der Waals surface area contributed by atoms with Gasteiger partial charge < -0.3 is 14.3 Å². The number of nitrogens with one attached hydrogen (secondary N) is 1. The molecule has 0 aliphatic rings. The predicted molar refractivity (Wildman–Crippen MR) is 65.8 cm³/mol. The Morgan fingerprint density at radius 3 is 2.78 bits per heavy atom. The maximum atomic E-state index is 5.14. The molecule has 3 rings (SSSR count). The summed E-state index contributed by atoms with van der Waals surface area (Å²) in [6, 6.07) is 11.6. The van der Waals surface area contributed by atoms with E-state index in [0.29, 0.717) is 18.3 Å². The average Bonchev–Trinajstić information content (AvgIpc) is 3.08. The highest BCUT2D eigenvalue weighted by Gasteiger charge is 2.08. The van der Waals surface area contributed by atoms with Crippen molar-refractivity contribution in [3.63, 3.8) is 0 Å². The number of furan rings is 1. The van der Waals surface area contributed by atoms with Crippen LogP contribution in [-0.2, 0) is 6.54 Å². The third-order valence-corrected chi connectivity index (χ3v) is 2.46. The summed E-state index contributed by atoms with van der Waals surface area (Å²) in [5.41, 5.74) is 1.82. The fourth-order valence-electron chi connectivity index (χ4n) is 1.57. The molecule has 2 aromatic heterocycles. The van der Waals surface area contributed by atoms with Crippen LogP contribution >= 0.6 is 0 Å². The molecule has 1 N–H and O–H groups in total. The summed E-state index contributed by atoms with van der Waals surface area (Å²) in [6.07, 6.45) is 3.16. The second-order valence-corrected chi connectivity index (χ2v) is 3.74. The largest absolute Gasteiger partial charge is 0.472 e. The first-order chi connectivity index (χ1) is 8.92. The molecule has 5 nitrogen and oxygen atoms in total. The van der Waals surface area contributed by atoms with E-state index in [1.165, 1.54) is 0 Å². The zero-order valence-corrected chi connectivity index (χ0v) is 9.54. The first kappa shape index (κ1) is 10.6. The Morgan fingerprint density at radius 1 is 1.11 bits per heavy atom. The average molecular weight is 241 g/mol. The molecule has 0 bridgehead atoms. The van der Waals surface area contributed by atoms with Crippen LogP contribution in [0.2, 0.25) is 0 Å². The van der Waals surface area contributed by atoms with Crippen LogP contribution in [0, 0.1) is 0 Å². The molecule has 0 saturated heterocycles. The Morgan fingerprint density at radius 2 is 2.00 bits per heavy atom. The van der Waals surface area contributed by atoms with E-state index < -0.39 is 0 Å². The molecule has 0 aliphatic heterocycles. The van der Waals surface area contributed by atoms with Crippen LogP contribution in [0.5, 0.6) is 0 Å². The lowest BCUT2D eigenvalue weighted by Gasteiger charge is -2.01. The molecule has 2 heterocycles. The zero-order chi connectivity index (χ0) is 12.2. The monoisotopic (exact) mass is 241 g/mol. The van der Waals surface area contributed by atoms with Gasteiger partial charge in [-0.3, -0.25) is 0 Å². The third kappa shape index (κ3) is 2.24. The van der Waals surface area contributed by atoms with Crippen LogP contribution in [-0.4, -0.2) is 10.1 Å². The summed E-state index contributed by atoms with van der Waals surface area (Å²) in [5.74, 6) is 1.07. The lowest BCUT2D eigenvalue weighted by atomic mass is 10.3. The Labute approximate surface area is 103 Å². The van der Waals surface area contributed by atoms with Gasteiger partial charge in [-0.15, -0.1) is 0 Å². The van der Waals surface area contributed by atoms with E-state index in [1.807, 2.05) is 30.3 Å². The third-order valence-electron chi connectivity index (χ3n) is 2.46. The molecule has 0 aliphatic carbocycles. The summed E-state index contributed by atoms with van der Waals surface area (Å²) in [5, 5.41) is 7.08. The van der Waals surface area contributed by atoms with Crippen LogP contribution < -0.4 is 5.32 Å². The van der Waals surface area contributed by atoms with Gasteiger partial charge in [0.2, 0.25) is 11.7 Å². The Bertz CT molecular complexity index is 602. The van der Waals surface area contributed by atoms with Gasteiger partial charge in [-0.25, -0.2) is 0 Å². The predicted octanol–water partition coefficient (Wildman–Crippen LogP) is 2.94. The van der Waals surface area contributed by atoms with Crippen LogP contribution in [0.25, 0.3) is 11.4 Å². The highest BCUT2D eigenvalue weighted by molar-refractivity contribution is 5.51. The zero-order valence-electron chi connectivity index (χ0n) is 9.54. The Balaban J connectivity index is 1.68. The van der Waals surface area contributed by atoms with Gasteiger partial charge in [0.1, 0.15) is 6.26 Å². The number of benzene rings is 1.